The predicted molar refractivity (Wildman–Crippen MR) is 66.3 cm³/mol. The van der Waals surface area contributed by atoms with E-state index >= 15 is 0 Å². The minimum atomic E-state index is -2.96. The van der Waals surface area contributed by atoms with Crippen molar-refractivity contribution in [2.24, 2.45) is 5.92 Å². The molecule has 0 fully saturated rings. The van der Waals surface area contributed by atoms with Crippen LogP contribution in [-0.4, -0.2) is 41.7 Å². The van der Waals surface area contributed by atoms with Gasteiger partial charge in [-0.2, -0.15) is 5.10 Å². The number of rotatable bonds is 7. The second kappa shape index (κ2) is 6.11. The SMILES string of the molecule is CC(C)CNCc1ncnn1CCS(C)(=O)=O. The van der Waals surface area contributed by atoms with E-state index in [1.165, 1.54) is 12.6 Å². The standard InChI is InChI=1S/C10H20N4O2S/c1-9(2)6-11-7-10-12-8-13-14(10)4-5-17(3,15)16/h8-9,11H,4-7H2,1-3H3. The smallest absolute Gasteiger partial charge is 0.149 e. The van der Waals surface area contributed by atoms with Crippen LogP contribution in [0.5, 0.6) is 0 Å². The Kier molecular flexibility index (Phi) is 5.07. The van der Waals surface area contributed by atoms with Crippen LogP contribution in [0.1, 0.15) is 19.7 Å². The molecule has 0 unspecified atom stereocenters. The number of aromatic nitrogens is 3. The topological polar surface area (TPSA) is 76.9 Å². The second-order valence-electron chi connectivity index (χ2n) is 4.55. The number of sulfone groups is 1. The first kappa shape index (κ1) is 14.1. The van der Waals surface area contributed by atoms with Crippen LogP contribution in [0.2, 0.25) is 0 Å². The van der Waals surface area contributed by atoms with Crippen LogP contribution in [0, 0.1) is 5.92 Å². The summed E-state index contributed by atoms with van der Waals surface area (Å²) in [5.41, 5.74) is 0. The maximum atomic E-state index is 11.1. The van der Waals surface area contributed by atoms with Crippen LogP contribution >= 0.6 is 0 Å². The first-order valence-corrected chi connectivity index (χ1v) is 7.69. The number of hydrogen-bond acceptors (Lipinski definition) is 5. The normalized spacial score (nSPS) is 12.2. The molecule has 0 aliphatic rings. The Hall–Kier alpha value is -0.950. The Balaban J connectivity index is 2.48. The molecule has 0 aliphatic heterocycles. The van der Waals surface area contributed by atoms with Crippen molar-refractivity contribution in [1.29, 1.82) is 0 Å². The van der Waals surface area contributed by atoms with E-state index in [-0.39, 0.29) is 5.75 Å². The van der Waals surface area contributed by atoms with Crippen molar-refractivity contribution >= 4 is 9.84 Å². The Labute approximate surface area is 102 Å². The molecular weight excluding hydrogens is 240 g/mol. The van der Waals surface area contributed by atoms with E-state index in [0.29, 0.717) is 19.0 Å². The van der Waals surface area contributed by atoms with Gasteiger partial charge in [0.05, 0.1) is 18.8 Å². The first-order chi connectivity index (χ1) is 7.88. The Morgan fingerprint density at radius 3 is 2.76 bits per heavy atom. The zero-order valence-corrected chi connectivity index (χ0v) is 11.4. The molecule has 0 aromatic carbocycles. The van der Waals surface area contributed by atoms with Gasteiger partial charge in [0.2, 0.25) is 0 Å². The summed E-state index contributed by atoms with van der Waals surface area (Å²) in [6.45, 7) is 6.13. The zero-order chi connectivity index (χ0) is 12.9. The average molecular weight is 260 g/mol. The van der Waals surface area contributed by atoms with E-state index in [0.717, 1.165) is 12.4 Å². The van der Waals surface area contributed by atoms with Gasteiger partial charge in [-0.15, -0.1) is 0 Å². The molecule has 1 heterocycles. The molecule has 1 aromatic heterocycles. The van der Waals surface area contributed by atoms with Crippen LogP contribution < -0.4 is 5.32 Å². The summed E-state index contributed by atoms with van der Waals surface area (Å²) in [6.07, 6.45) is 2.68. The van der Waals surface area contributed by atoms with Gasteiger partial charge in [-0.25, -0.2) is 18.1 Å². The van der Waals surface area contributed by atoms with Gasteiger partial charge in [0.15, 0.2) is 0 Å². The molecule has 6 nitrogen and oxygen atoms in total. The van der Waals surface area contributed by atoms with Gasteiger partial charge in [0.1, 0.15) is 22.0 Å². The molecule has 1 aromatic rings. The third-order valence-corrected chi connectivity index (χ3v) is 3.13. The minimum Gasteiger partial charge on any atom is -0.310 e. The highest BCUT2D eigenvalue weighted by molar-refractivity contribution is 7.90. The largest absolute Gasteiger partial charge is 0.310 e. The fourth-order valence-electron chi connectivity index (χ4n) is 1.34. The van der Waals surface area contributed by atoms with Crippen molar-refractivity contribution in [2.75, 3.05) is 18.6 Å². The molecule has 0 amide bonds. The lowest BCUT2D eigenvalue weighted by molar-refractivity contribution is 0.517. The van der Waals surface area contributed by atoms with Crippen molar-refractivity contribution in [1.82, 2.24) is 20.1 Å². The van der Waals surface area contributed by atoms with Crippen molar-refractivity contribution in [2.45, 2.75) is 26.9 Å². The van der Waals surface area contributed by atoms with Gasteiger partial charge >= 0.3 is 0 Å². The molecule has 0 atom stereocenters. The lowest BCUT2D eigenvalue weighted by atomic mass is 10.2. The van der Waals surface area contributed by atoms with Crippen LogP contribution in [0.4, 0.5) is 0 Å². The van der Waals surface area contributed by atoms with Crippen LogP contribution in [0.3, 0.4) is 0 Å². The lowest BCUT2D eigenvalue weighted by Gasteiger charge is -2.08. The summed E-state index contributed by atoms with van der Waals surface area (Å²) in [5.74, 6) is 1.43. The Bertz CT molecular complexity index is 439. The maximum absolute atomic E-state index is 11.1. The summed E-state index contributed by atoms with van der Waals surface area (Å²) >= 11 is 0. The molecule has 17 heavy (non-hydrogen) atoms. The van der Waals surface area contributed by atoms with Crippen LogP contribution in [-0.2, 0) is 22.9 Å². The third-order valence-electron chi connectivity index (χ3n) is 2.21. The fraction of sp³-hybridized carbons (Fsp3) is 0.800. The molecule has 0 spiro atoms. The number of nitrogens with one attached hydrogen (secondary N) is 1. The summed E-state index contributed by atoms with van der Waals surface area (Å²) < 4.78 is 23.8. The molecule has 0 radical (unpaired) electrons. The molecule has 0 saturated carbocycles. The molecular formula is C10H20N4O2S. The Morgan fingerprint density at radius 1 is 1.47 bits per heavy atom. The monoisotopic (exact) mass is 260 g/mol. The van der Waals surface area contributed by atoms with Crippen molar-refractivity contribution in [3.8, 4) is 0 Å². The summed E-state index contributed by atoms with van der Waals surface area (Å²) in [4.78, 5) is 4.11. The van der Waals surface area contributed by atoms with E-state index < -0.39 is 9.84 Å². The fourth-order valence-corrected chi connectivity index (χ4v) is 1.84. The van der Waals surface area contributed by atoms with Gasteiger partial charge in [-0.1, -0.05) is 13.8 Å². The quantitative estimate of drug-likeness (QED) is 0.750. The van der Waals surface area contributed by atoms with Crippen LogP contribution in [0.15, 0.2) is 6.33 Å². The Morgan fingerprint density at radius 2 is 2.18 bits per heavy atom. The van der Waals surface area contributed by atoms with E-state index in [2.05, 4.69) is 29.2 Å². The molecule has 0 bridgehead atoms. The van der Waals surface area contributed by atoms with E-state index in [1.54, 1.807) is 4.68 Å². The summed E-state index contributed by atoms with van der Waals surface area (Å²) in [5, 5.41) is 7.27. The highest BCUT2D eigenvalue weighted by Gasteiger charge is 2.07. The molecule has 7 heteroatoms. The van der Waals surface area contributed by atoms with Gasteiger partial charge in [-0.3, -0.25) is 0 Å². The number of nitrogens with zero attached hydrogens (tertiary/aromatic N) is 3. The molecule has 1 N–H and O–H groups in total. The van der Waals surface area contributed by atoms with Gasteiger partial charge in [0.25, 0.3) is 0 Å². The van der Waals surface area contributed by atoms with Crippen molar-refractivity contribution < 1.29 is 8.42 Å². The van der Waals surface area contributed by atoms with Gasteiger partial charge < -0.3 is 5.32 Å². The van der Waals surface area contributed by atoms with Crippen molar-refractivity contribution in [3.05, 3.63) is 12.2 Å². The molecule has 98 valence electrons. The van der Waals surface area contributed by atoms with Crippen molar-refractivity contribution in [3.63, 3.8) is 0 Å². The maximum Gasteiger partial charge on any atom is 0.149 e. The number of hydrogen-bond donors (Lipinski definition) is 1. The molecule has 0 saturated heterocycles. The zero-order valence-electron chi connectivity index (χ0n) is 10.5. The third kappa shape index (κ3) is 5.78. The second-order valence-corrected chi connectivity index (χ2v) is 6.81. The average Bonchev–Trinajstić information content (AvgIpc) is 2.61. The highest BCUT2D eigenvalue weighted by Crippen LogP contribution is 1.96. The summed E-state index contributed by atoms with van der Waals surface area (Å²) in [7, 11) is -2.96. The molecule has 0 aliphatic carbocycles. The van der Waals surface area contributed by atoms with Crippen LogP contribution in [0.25, 0.3) is 0 Å². The molecule has 1 rings (SSSR count). The van der Waals surface area contributed by atoms with E-state index in [1.807, 2.05) is 0 Å². The lowest BCUT2D eigenvalue weighted by Crippen LogP contribution is -2.23. The predicted octanol–water partition coefficient (Wildman–Crippen LogP) is 0.0683. The first-order valence-electron chi connectivity index (χ1n) is 5.63. The van der Waals surface area contributed by atoms with E-state index in [4.69, 9.17) is 0 Å². The highest BCUT2D eigenvalue weighted by atomic mass is 32.2. The minimum absolute atomic E-state index is 0.0908. The summed E-state index contributed by atoms with van der Waals surface area (Å²) in [6, 6.07) is 0. The van der Waals surface area contributed by atoms with Gasteiger partial charge in [0, 0.05) is 6.26 Å². The van der Waals surface area contributed by atoms with Gasteiger partial charge in [-0.05, 0) is 12.5 Å². The number of aryl methyl sites for hydroxylation is 1. The van der Waals surface area contributed by atoms with E-state index in [9.17, 15) is 8.42 Å².